The molecule has 1 aromatic carbocycles. The Kier molecular flexibility index (Phi) is 5.08. The van der Waals surface area contributed by atoms with Crippen molar-refractivity contribution in [3.63, 3.8) is 0 Å². The minimum absolute atomic E-state index is 0.00611. The lowest BCUT2D eigenvalue weighted by atomic mass is 9.58. The molecule has 1 aliphatic carbocycles. The summed E-state index contributed by atoms with van der Waals surface area (Å²) in [5.41, 5.74) is 0.578. The van der Waals surface area contributed by atoms with E-state index in [4.69, 9.17) is 19.2 Å². The first-order valence-electron chi connectivity index (χ1n) is 12.3. The second-order valence-electron chi connectivity index (χ2n) is 10.8. The quantitative estimate of drug-likeness (QED) is 0.636. The SMILES string of the molecule is C[C@H]1[C@H](N2CCN(c3ccc(F)cc3)CC2)O[C@@H]2O[C@@]3(C)CC[C@H]4[C@H](C)CC[C@@H]1[C@@]24OO3. The Balaban J connectivity index is 1.23. The molecule has 0 aromatic heterocycles. The minimum Gasteiger partial charge on any atom is -0.369 e. The normalized spacial score (nSPS) is 46.6. The smallest absolute Gasteiger partial charge is 0.201 e. The van der Waals surface area contributed by atoms with Crippen molar-refractivity contribution in [3.05, 3.63) is 30.1 Å². The van der Waals surface area contributed by atoms with Crippen molar-refractivity contribution in [1.82, 2.24) is 4.90 Å². The van der Waals surface area contributed by atoms with Gasteiger partial charge in [0.15, 0.2) is 11.9 Å². The number of benzene rings is 1. The zero-order valence-corrected chi connectivity index (χ0v) is 19.3. The summed E-state index contributed by atoms with van der Waals surface area (Å²) in [6.45, 7) is 10.3. The van der Waals surface area contributed by atoms with E-state index in [1.165, 1.54) is 18.6 Å². The van der Waals surface area contributed by atoms with Gasteiger partial charge in [0.05, 0.1) is 0 Å². The number of fused-ring (bicyclic) bond motifs is 2. The van der Waals surface area contributed by atoms with Crippen molar-refractivity contribution in [2.75, 3.05) is 31.1 Å². The molecule has 7 heteroatoms. The lowest BCUT2D eigenvalue weighted by Crippen LogP contribution is -2.72. The number of hydrogen-bond donors (Lipinski definition) is 0. The number of hydrogen-bond acceptors (Lipinski definition) is 6. The van der Waals surface area contributed by atoms with Crippen LogP contribution in [0, 0.1) is 29.5 Å². The number of piperazine rings is 1. The van der Waals surface area contributed by atoms with Crippen molar-refractivity contribution in [1.29, 1.82) is 0 Å². The molecule has 6 aliphatic rings. The monoisotopic (exact) mass is 446 g/mol. The molecule has 0 unspecified atom stereocenters. The van der Waals surface area contributed by atoms with Crippen LogP contribution in [0.3, 0.4) is 0 Å². The van der Waals surface area contributed by atoms with Gasteiger partial charge in [-0.1, -0.05) is 13.8 Å². The van der Waals surface area contributed by atoms with Crippen molar-refractivity contribution in [2.45, 2.75) is 70.4 Å². The predicted octanol–water partition coefficient (Wildman–Crippen LogP) is 4.16. The van der Waals surface area contributed by atoms with Crippen molar-refractivity contribution >= 4 is 5.69 Å². The van der Waals surface area contributed by atoms with Crippen LogP contribution in [0.2, 0.25) is 0 Å². The minimum atomic E-state index is -0.732. The third kappa shape index (κ3) is 3.16. The Hall–Kier alpha value is -1.25. The average Bonchev–Trinajstić information content (AvgIpc) is 3.03. The van der Waals surface area contributed by atoms with E-state index in [0.29, 0.717) is 23.7 Å². The largest absolute Gasteiger partial charge is 0.369 e. The molecule has 8 atom stereocenters. The molecule has 6 fully saturated rings. The van der Waals surface area contributed by atoms with E-state index in [2.05, 4.69) is 23.6 Å². The van der Waals surface area contributed by atoms with Gasteiger partial charge in [0.1, 0.15) is 12.0 Å². The summed E-state index contributed by atoms with van der Waals surface area (Å²) in [5, 5.41) is 0. The van der Waals surface area contributed by atoms with Gasteiger partial charge in [-0.05, 0) is 62.3 Å². The summed E-state index contributed by atoms with van der Waals surface area (Å²) in [6, 6.07) is 6.81. The maximum Gasteiger partial charge on any atom is 0.201 e. The van der Waals surface area contributed by atoms with Crippen LogP contribution in [-0.2, 0) is 19.2 Å². The fourth-order valence-electron chi connectivity index (χ4n) is 7.19. The van der Waals surface area contributed by atoms with E-state index >= 15 is 0 Å². The molecule has 5 aliphatic heterocycles. The van der Waals surface area contributed by atoms with Gasteiger partial charge in [0, 0.05) is 50.1 Å². The first-order chi connectivity index (χ1) is 15.4. The molecule has 0 radical (unpaired) electrons. The molecular weight excluding hydrogens is 411 g/mol. The molecular formula is C25H35FN2O4. The topological polar surface area (TPSA) is 43.4 Å². The third-order valence-corrected chi connectivity index (χ3v) is 8.99. The van der Waals surface area contributed by atoms with Crippen LogP contribution in [0.5, 0.6) is 0 Å². The van der Waals surface area contributed by atoms with Crippen molar-refractivity contribution in [3.8, 4) is 0 Å². The zero-order valence-electron chi connectivity index (χ0n) is 19.3. The van der Waals surface area contributed by atoms with Crippen LogP contribution in [-0.4, -0.2) is 55.0 Å². The Morgan fingerprint density at radius 3 is 2.44 bits per heavy atom. The highest BCUT2D eigenvalue weighted by Gasteiger charge is 2.69. The van der Waals surface area contributed by atoms with Gasteiger partial charge in [-0.2, -0.15) is 0 Å². The van der Waals surface area contributed by atoms with Crippen LogP contribution >= 0.6 is 0 Å². The molecule has 176 valence electrons. The lowest BCUT2D eigenvalue weighted by Gasteiger charge is -2.61. The van der Waals surface area contributed by atoms with Crippen molar-refractivity contribution in [2.24, 2.45) is 23.7 Å². The van der Waals surface area contributed by atoms with Crippen LogP contribution in [0.25, 0.3) is 0 Å². The number of rotatable bonds is 2. The summed E-state index contributed by atoms with van der Waals surface area (Å²) in [5.74, 6) is 0.730. The van der Waals surface area contributed by atoms with Crippen LogP contribution in [0.4, 0.5) is 10.1 Å². The fraction of sp³-hybridized carbons (Fsp3) is 0.760. The number of ether oxygens (including phenoxy) is 2. The predicted molar refractivity (Wildman–Crippen MR) is 117 cm³/mol. The Labute approximate surface area is 189 Å². The van der Waals surface area contributed by atoms with Gasteiger partial charge >= 0.3 is 0 Å². The van der Waals surface area contributed by atoms with Gasteiger partial charge in [0.2, 0.25) is 5.79 Å². The molecule has 1 spiro atoms. The number of nitrogens with zero attached hydrogens (tertiary/aromatic N) is 2. The van der Waals surface area contributed by atoms with E-state index in [1.54, 1.807) is 0 Å². The molecule has 0 N–H and O–H groups in total. The summed E-state index contributed by atoms with van der Waals surface area (Å²) >= 11 is 0. The molecule has 32 heavy (non-hydrogen) atoms. The summed E-state index contributed by atoms with van der Waals surface area (Å²) in [4.78, 5) is 17.0. The Bertz CT molecular complexity index is 847. The third-order valence-electron chi connectivity index (χ3n) is 8.99. The van der Waals surface area contributed by atoms with E-state index in [9.17, 15) is 4.39 Å². The molecule has 6 nitrogen and oxygen atoms in total. The highest BCUT2D eigenvalue weighted by Crippen LogP contribution is 2.60. The average molecular weight is 447 g/mol. The lowest BCUT2D eigenvalue weighted by molar-refractivity contribution is -0.574. The van der Waals surface area contributed by atoms with E-state index in [-0.39, 0.29) is 12.0 Å². The molecule has 7 rings (SSSR count). The molecule has 5 saturated heterocycles. The molecule has 1 saturated carbocycles. The van der Waals surface area contributed by atoms with E-state index in [1.807, 2.05) is 19.1 Å². The first-order valence-corrected chi connectivity index (χ1v) is 12.3. The Morgan fingerprint density at radius 1 is 0.938 bits per heavy atom. The summed E-state index contributed by atoms with van der Waals surface area (Å²) in [6.07, 6.45) is 3.85. The molecule has 5 heterocycles. The van der Waals surface area contributed by atoms with Gasteiger partial charge in [-0.3, -0.25) is 4.90 Å². The van der Waals surface area contributed by atoms with Gasteiger partial charge in [0.25, 0.3) is 0 Å². The standard InChI is InChI=1S/C25H35FN2O4/c1-16-4-9-21-17(2)22(28-14-12-27(13-15-28)19-7-5-18(26)6-8-19)29-23-25(21)20(16)10-11-24(3,30-23)31-32-25/h5-8,16-17,20-23H,4,9-15H2,1-3H3/t16-,17-,20+,21+,22-,23-,24-,25-/m1/s1. The van der Waals surface area contributed by atoms with Crippen LogP contribution < -0.4 is 4.90 Å². The van der Waals surface area contributed by atoms with Gasteiger partial charge in [-0.25, -0.2) is 14.2 Å². The number of halogens is 1. The van der Waals surface area contributed by atoms with Crippen LogP contribution in [0.1, 0.15) is 46.5 Å². The summed E-state index contributed by atoms with van der Waals surface area (Å²) < 4.78 is 26.6. The van der Waals surface area contributed by atoms with Gasteiger partial charge < -0.3 is 14.4 Å². The number of anilines is 1. The second-order valence-corrected chi connectivity index (χ2v) is 10.8. The first kappa shape index (κ1) is 21.3. The fourth-order valence-corrected chi connectivity index (χ4v) is 7.19. The summed E-state index contributed by atoms with van der Waals surface area (Å²) in [7, 11) is 0. The maximum absolute atomic E-state index is 13.3. The highest BCUT2D eigenvalue weighted by molar-refractivity contribution is 5.46. The maximum atomic E-state index is 13.3. The molecule has 2 bridgehead atoms. The van der Waals surface area contributed by atoms with Crippen molar-refractivity contribution < 1.29 is 23.6 Å². The Morgan fingerprint density at radius 2 is 1.69 bits per heavy atom. The van der Waals surface area contributed by atoms with Gasteiger partial charge in [-0.15, -0.1) is 0 Å². The highest BCUT2D eigenvalue weighted by atomic mass is 19.1. The second kappa shape index (κ2) is 7.64. The molecule has 1 aromatic rings. The zero-order chi connectivity index (χ0) is 22.1. The van der Waals surface area contributed by atoms with E-state index < -0.39 is 17.7 Å². The van der Waals surface area contributed by atoms with Crippen LogP contribution in [0.15, 0.2) is 24.3 Å². The van der Waals surface area contributed by atoms with E-state index in [0.717, 1.165) is 51.1 Å². The molecule has 0 amide bonds.